The number of hydrogen-bond donors (Lipinski definition) is 3. The number of carbonyl (C=O) groups is 1. The summed E-state index contributed by atoms with van der Waals surface area (Å²) in [4.78, 5) is 15.7. The van der Waals surface area contributed by atoms with Crippen molar-refractivity contribution in [2.45, 2.75) is 32.0 Å². The number of nitrogens with one attached hydrogen (secondary N) is 3. The number of hydrogen-bond acceptors (Lipinski definition) is 2. The van der Waals surface area contributed by atoms with E-state index < -0.39 is 11.7 Å². The molecule has 1 unspecified atom stereocenters. The van der Waals surface area contributed by atoms with Crippen molar-refractivity contribution in [3.63, 3.8) is 0 Å². The van der Waals surface area contributed by atoms with Crippen molar-refractivity contribution in [1.82, 2.24) is 16.0 Å². The Morgan fingerprint density at radius 3 is 2.40 bits per heavy atom. The maximum atomic E-state index is 12.9. The first-order valence-electron chi connectivity index (χ1n) is 9.67. The van der Waals surface area contributed by atoms with Gasteiger partial charge >= 0.3 is 6.18 Å². The molecule has 2 aromatic rings. The van der Waals surface area contributed by atoms with Crippen LogP contribution >= 0.6 is 0 Å². The molecule has 0 aliphatic rings. The predicted molar refractivity (Wildman–Crippen MR) is 113 cm³/mol. The van der Waals surface area contributed by atoms with Gasteiger partial charge in [-0.15, -0.1) is 0 Å². The molecule has 0 spiro atoms. The van der Waals surface area contributed by atoms with Crippen LogP contribution in [-0.2, 0) is 12.7 Å². The Bertz CT molecular complexity index is 863. The minimum absolute atomic E-state index is 0.0323. The highest BCUT2D eigenvalue weighted by Gasteiger charge is 2.30. The number of nitrogens with zero attached hydrogens (tertiary/aromatic N) is 1. The molecule has 2 rings (SSSR count). The van der Waals surface area contributed by atoms with Gasteiger partial charge in [0.2, 0.25) is 0 Å². The number of amides is 1. The van der Waals surface area contributed by atoms with E-state index in [0.717, 1.165) is 11.6 Å². The Morgan fingerprint density at radius 2 is 1.80 bits per heavy atom. The molecule has 30 heavy (non-hydrogen) atoms. The minimum atomic E-state index is -4.33. The Balaban J connectivity index is 1.82. The summed E-state index contributed by atoms with van der Waals surface area (Å²) in [6.45, 7) is 2.99. The zero-order chi connectivity index (χ0) is 22.1. The fourth-order valence-corrected chi connectivity index (χ4v) is 2.92. The van der Waals surface area contributed by atoms with Gasteiger partial charge in [-0.2, -0.15) is 13.2 Å². The summed E-state index contributed by atoms with van der Waals surface area (Å²) in [5.74, 6) is 0.429. The average molecular weight is 420 g/mol. The van der Waals surface area contributed by atoms with Gasteiger partial charge in [0.05, 0.1) is 5.56 Å². The van der Waals surface area contributed by atoms with Crippen LogP contribution in [0, 0.1) is 0 Å². The van der Waals surface area contributed by atoms with Gasteiger partial charge in [-0.3, -0.25) is 9.79 Å². The molecular weight excluding hydrogens is 393 g/mol. The van der Waals surface area contributed by atoms with Gasteiger partial charge in [-0.05, 0) is 41.7 Å². The molecule has 0 aromatic heterocycles. The largest absolute Gasteiger partial charge is 0.416 e. The number of halogens is 3. The molecule has 0 saturated heterocycles. The van der Waals surface area contributed by atoms with Crippen molar-refractivity contribution in [1.29, 1.82) is 0 Å². The number of guanidine groups is 1. The molecule has 0 fully saturated rings. The van der Waals surface area contributed by atoms with Crippen molar-refractivity contribution in [2.24, 2.45) is 4.99 Å². The van der Waals surface area contributed by atoms with E-state index in [1.54, 1.807) is 32.3 Å². The third-order valence-electron chi connectivity index (χ3n) is 4.78. The van der Waals surface area contributed by atoms with Gasteiger partial charge in [0, 0.05) is 32.7 Å². The van der Waals surface area contributed by atoms with E-state index >= 15 is 0 Å². The van der Waals surface area contributed by atoms with Gasteiger partial charge in [-0.1, -0.05) is 37.3 Å². The third kappa shape index (κ3) is 6.79. The van der Waals surface area contributed by atoms with Crippen LogP contribution in [-0.4, -0.2) is 32.5 Å². The summed E-state index contributed by atoms with van der Waals surface area (Å²) in [6.07, 6.45) is -3.68. The quantitative estimate of drug-likeness (QED) is 0.470. The maximum Gasteiger partial charge on any atom is 0.416 e. The summed E-state index contributed by atoms with van der Waals surface area (Å²) < 4.78 is 38.6. The summed E-state index contributed by atoms with van der Waals surface area (Å²) in [6, 6.07) is 12.7. The Morgan fingerprint density at radius 1 is 1.10 bits per heavy atom. The SMILES string of the molecule is CN=C(NCCC(C)c1cccc(C(F)(F)F)c1)NCc1ccc(C(=O)NC)cc1. The van der Waals surface area contributed by atoms with E-state index in [2.05, 4.69) is 20.9 Å². The lowest BCUT2D eigenvalue weighted by Gasteiger charge is -2.16. The second-order valence-electron chi connectivity index (χ2n) is 6.94. The number of benzene rings is 2. The molecule has 0 aliphatic heterocycles. The normalized spacial score (nSPS) is 12.9. The van der Waals surface area contributed by atoms with Crippen LogP contribution in [0.4, 0.5) is 13.2 Å². The Labute approximate surface area is 174 Å². The zero-order valence-electron chi connectivity index (χ0n) is 17.3. The molecule has 3 N–H and O–H groups in total. The predicted octanol–water partition coefficient (Wildman–Crippen LogP) is 3.92. The zero-order valence-corrected chi connectivity index (χ0v) is 17.3. The third-order valence-corrected chi connectivity index (χ3v) is 4.78. The topological polar surface area (TPSA) is 65.5 Å². The maximum absolute atomic E-state index is 12.9. The molecular formula is C22H27F3N4O. The van der Waals surface area contributed by atoms with E-state index in [9.17, 15) is 18.0 Å². The fraction of sp³-hybridized carbons (Fsp3) is 0.364. The van der Waals surface area contributed by atoms with Crippen LogP contribution in [0.25, 0.3) is 0 Å². The number of aliphatic imine (C=N–C) groups is 1. The van der Waals surface area contributed by atoms with Crippen molar-refractivity contribution < 1.29 is 18.0 Å². The van der Waals surface area contributed by atoms with Gasteiger partial charge in [0.1, 0.15) is 0 Å². The lowest BCUT2D eigenvalue weighted by Crippen LogP contribution is -2.37. The molecule has 0 bridgehead atoms. The first kappa shape index (κ1) is 23.3. The van der Waals surface area contributed by atoms with E-state index in [1.165, 1.54) is 12.1 Å². The average Bonchev–Trinajstić information content (AvgIpc) is 2.75. The highest BCUT2D eigenvalue weighted by molar-refractivity contribution is 5.93. The lowest BCUT2D eigenvalue weighted by atomic mass is 9.96. The van der Waals surface area contributed by atoms with Crippen LogP contribution < -0.4 is 16.0 Å². The lowest BCUT2D eigenvalue weighted by molar-refractivity contribution is -0.137. The minimum Gasteiger partial charge on any atom is -0.356 e. The molecule has 0 heterocycles. The van der Waals surface area contributed by atoms with Crippen LogP contribution in [0.3, 0.4) is 0 Å². The summed E-state index contributed by atoms with van der Waals surface area (Å²) >= 11 is 0. The summed E-state index contributed by atoms with van der Waals surface area (Å²) in [5.41, 5.74) is 1.61. The number of carbonyl (C=O) groups excluding carboxylic acids is 1. The van der Waals surface area contributed by atoms with Crippen LogP contribution in [0.5, 0.6) is 0 Å². The second-order valence-corrected chi connectivity index (χ2v) is 6.94. The van der Waals surface area contributed by atoms with E-state index in [1.807, 2.05) is 19.1 Å². The van der Waals surface area contributed by atoms with Crippen LogP contribution in [0.1, 0.15) is 46.3 Å². The van der Waals surface area contributed by atoms with Gasteiger partial charge in [-0.25, -0.2) is 0 Å². The van der Waals surface area contributed by atoms with Crippen molar-refractivity contribution >= 4 is 11.9 Å². The molecule has 8 heteroatoms. The monoisotopic (exact) mass is 420 g/mol. The first-order chi connectivity index (χ1) is 14.2. The Kier molecular flexibility index (Phi) is 8.26. The summed E-state index contributed by atoms with van der Waals surface area (Å²) in [7, 11) is 3.24. The van der Waals surface area contributed by atoms with E-state index in [0.29, 0.717) is 36.6 Å². The number of alkyl halides is 3. The highest BCUT2D eigenvalue weighted by Crippen LogP contribution is 2.31. The van der Waals surface area contributed by atoms with Crippen LogP contribution in [0.2, 0.25) is 0 Å². The van der Waals surface area contributed by atoms with Crippen molar-refractivity contribution in [3.05, 3.63) is 70.8 Å². The van der Waals surface area contributed by atoms with Crippen molar-refractivity contribution in [2.75, 3.05) is 20.6 Å². The molecule has 0 saturated carbocycles. The highest BCUT2D eigenvalue weighted by atomic mass is 19.4. The Hall–Kier alpha value is -3.03. The smallest absolute Gasteiger partial charge is 0.356 e. The molecule has 0 radical (unpaired) electrons. The van der Waals surface area contributed by atoms with E-state index in [-0.39, 0.29) is 11.8 Å². The standard InChI is InChI=1S/C22H27F3N4O/c1-15(18-5-4-6-19(13-18)22(23,24)25)11-12-28-21(27-3)29-14-16-7-9-17(10-8-16)20(30)26-2/h4-10,13,15H,11-12,14H2,1-3H3,(H,26,30)(H2,27,28,29). The second kappa shape index (κ2) is 10.7. The molecule has 1 amide bonds. The first-order valence-corrected chi connectivity index (χ1v) is 9.67. The van der Waals surface area contributed by atoms with Gasteiger partial charge in [0.25, 0.3) is 5.91 Å². The van der Waals surface area contributed by atoms with E-state index in [4.69, 9.17) is 0 Å². The molecule has 162 valence electrons. The molecule has 0 aliphatic carbocycles. The number of rotatable bonds is 7. The van der Waals surface area contributed by atoms with Crippen LogP contribution in [0.15, 0.2) is 53.5 Å². The molecule has 5 nitrogen and oxygen atoms in total. The van der Waals surface area contributed by atoms with Gasteiger partial charge in [0.15, 0.2) is 5.96 Å². The molecule has 1 atom stereocenters. The van der Waals surface area contributed by atoms with Crippen molar-refractivity contribution in [3.8, 4) is 0 Å². The molecule has 2 aromatic carbocycles. The fourth-order valence-electron chi connectivity index (χ4n) is 2.92. The van der Waals surface area contributed by atoms with Gasteiger partial charge < -0.3 is 16.0 Å². The summed E-state index contributed by atoms with van der Waals surface area (Å²) in [5, 5.41) is 8.93.